The van der Waals surface area contributed by atoms with Gasteiger partial charge in [-0.1, -0.05) is 0 Å². The molecule has 1 saturated carbocycles. The Kier molecular flexibility index (Phi) is 5.86. The maximum absolute atomic E-state index is 12.1. The Hall–Kier alpha value is -1.77. The van der Waals surface area contributed by atoms with Gasteiger partial charge in [-0.15, -0.1) is 0 Å². The number of hydrogen-bond donors (Lipinski definition) is 2. The zero-order chi connectivity index (χ0) is 17.0. The maximum atomic E-state index is 12.1. The highest BCUT2D eigenvalue weighted by Gasteiger charge is 2.43. The molecule has 0 aromatic rings. The molecule has 2 rings (SSSR count). The number of carbonyl (C=O) groups excluding carboxylic acids is 3. The van der Waals surface area contributed by atoms with E-state index in [1.54, 1.807) is 7.11 Å². The van der Waals surface area contributed by atoms with Crippen LogP contribution in [-0.4, -0.2) is 73.3 Å². The summed E-state index contributed by atoms with van der Waals surface area (Å²) in [7, 11) is 3.04. The summed E-state index contributed by atoms with van der Waals surface area (Å²) >= 11 is 0. The van der Waals surface area contributed by atoms with Crippen molar-refractivity contribution in [1.82, 2.24) is 10.2 Å². The Morgan fingerprint density at radius 2 is 2.00 bits per heavy atom. The minimum atomic E-state index is -0.712. The molecule has 1 fully saturated rings. The molecule has 8 nitrogen and oxygen atoms in total. The van der Waals surface area contributed by atoms with E-state index in [4.69, 9.17) is 9.47 Å². The first kappa shape index (κ1) is 17.6. The largest absolute Gasteiger partial charge is 0.390 e. The average Bonchev–Trinajstić information content (AvgIpc) is 2.98. The third-order valence-corrected chi connectivity index (χ3v) is 4.24. The first-order valence-electron chi connectivity index (χ1n) is 7.50. The normalized spacial score (nSPS) is 30.3. The van der Waals surface area contributed by atoms with Crippen molar-refractivity contribution in [2.24, 2.45) is 5.92 Å². The van der Waals surface area contributed by atoms with Crippen molar-refractivity contribution in [1.29, 1.82) is 0 Å². The lowest BCUT2D eigenvalue weighted by atomic mass is 10.1. The van der Waals surface area contributed by atoms with Gasteiger partial charge in [0.25, 0.3) is 11.8 Å². The lowest BCUT2D eigenvalue weighted by Crippen LogP contribution is -2.45. The monoisotopic (exact) mass is 326 g/mol. The minimum Gasteiger partial charge on any atom is -0.390 e. The lowest BCUT2D eigenvalue weighted by molar-refractivity contribution is -0.137. The number of imide groups is 1. The van der Waals surface area contributed by atoms with E-state index in [9.17, 15) is 19.5 Å². The number of hydrogen-bond acceptors (Lipinski definition) is 6. The van der Waals surface area contributed by atoms with Gasteiger partial charge in [-0.05, 0) is 6.42 Å². The van der Waals surface area contributed by atoms with Crippen LogP contribution in [0, 0.1) is 5.92 Å². The maximum Gasteiger partial charge on any atom is 0.253 e. The van der Waals surface area contributed by atoms with Crippen LogP contribution in [0.5, 0.6) is 0 Å². The van der Waals surface area contributed by atoms with Crippen LogP contribution in [0.3, 0.4) is 0 Å². The number of rotatable bonds is 7. The van der Waals surface area contributed by atoms with E-state index >= 15 is 0 Å². The van der Waals surface area contributed by atoms with Crippen LogP contribution in [0.1, 0.15) is 12.8 Å². The molecule has 2 aliphatic rings. The number of methoxy groups -OCH3 is 2. The molecule has 1 aliphatic heterocycles. The summed E-state index contributed by atoms with van der Waals surface area (Å²) < 4.78 is 10.3. The molecule has 4 atom stereocenters. The average molecular weight is 326 g/mol. The third kappa shape index (κ3) is 3.95. The first-order chi connectivity index (χ1) is 11.0. The van der Waals surface area contributed by atoms with Gasteiger partial charge in [-0.2, -0.15) is 0 Å². The topological polar surface area (TPSA) is 105 Å². The van der Waals surface area contributed by atoms with E-state index in [1.165, 1.54) is 19.3 Å². The molecule has 8 heteroatoms. The molecule has 0 aromatic heterocycles. The van der Waals surface area contributed by atoms with Gasteiger partial charge < -0.3 is 19.9 Å². The molecule has 0 aromatic carbocycles. The summed E-state index contributed by atoms with van der Waals surface area (Å²) in [4.78, 5) is 35.9. The number of nitrogens with one attached hydrogen (secondary N) is 1. The molecule has 0 bridgehead atoms. The number of ether oxygens (including phenoxy) is 2. The van der Waals surface area contributed by atoms with Gasteiger partial charge in [-0.25, -0.2) is 0 Å². The van der Waals surface area contributed by atoms with Crippen LogP contribution < -0.4 is 5.32 Å². The fraction of sp³-hybridized carbons (Fsp3) is 0.667. The lowest BCUT2D eigenvalue weighted by Gasteiger charge is -2.22. The molecule has 128 valence electrons. The van der Waals surface area contributed by atoms with Crippen LogP contribution in [-0.2, 0) is 23.9 Å². The number of amides is 3. The third-order valence-electron chi connectivity index (χ3n) is 4.24. The van der Waals surface area contributed by atoms with Crippen LogP contribution in [0.25, 0.3) is 0 Å². The van der Waals surface area contributed by atoms with Gasteiger partial charge in [0.15, 0.2) is 0 Å². The van der Waals surface area contributed by atoms with Gasteiger partial charge in [0.2, 0.25) is 5.91 Å². The van der Waals surface area contributed by atoms with Crippen LogP contribution in [0.15, 0.2) is 12.2 Å². The fourth-order valence-corrected chi connectivity index (χ4v) is 3.08. The molecule has 1 heterocycles. The van der Waals surface area contributed by atoms with E-state index in [-0.39, 0.29) is 30.8 Å². The van der Waals surface area contributed by atoms with Crippen molar-refractivity contribution < 1.29 is 29.0 Å². The van der Waals surface area contributed by atoms with Crippen LogP contribution in [0.4, 0.5) is 0 Å². The highest BCUT2D eigenvalue weighted by molar-refractivity contribution is 6.13. The molecule has 0 saturated heterocycles. The molecule has 2 N–H and O–H groups in total. The van der Waals surface area contributed by atoms with Crippen LogP contribution in [0.2, 0.25) is 0 Å². The summed E-state index contributed by atoms with van der Waals surface area (Å²) in [6.45, 7) is 0.417. The van der Waals surface area contributed by atoms with E-state index in [0.29, 0.717) is 13.0 Å². The van der Waals surface area contributed by atoms with Gasteiger partial charge in [0.1, 0.15) is 6.10 Å². The standard InChI is InChI=1S/C15H22N2O6/c1-22-8-9-7-10(15(23-2)14(9)21)16-11(18)5-6-17-12(19)3-4-13(17)20/h3-4,9-10,14-15,21H,5-8H2,1-2H3,(H,16,18)/t9-,10+,14+,15?/m1/s1. The molecule has 3 amide bonds. The zero-order valence-corrected chi connectivity index (χ0v) is 13.2. The predicted octanol–water partition coefficient (Wildman–Crippen LogP) is -1.17. The summed E-state index contributed by atoms with van der Waals surface area (Å²) in [6, 6.07) is -0.328. The molecule has 23 heavy (non-hydrogen) atoms. The second-order valence-corrected chi connectivity index (χ2v) is 5.73. The van der Waals surface area contributed by atoms with Crippen LogP contribution >= 0.6 is 0 Å². The molecule has 1 unspecified atom stereocenters. The predicted molar refractivity (Wildman–Crippen MR) is 79.2 cm³/mol. The van der Waals surface area contributed by atoms with Gasteiger partial charge >= 0.3 is 0 Å². The Bertz CT molecular complexity index is 488. The Morgan fingerprint density at radius 1 is 1.35 bits per heavy atom. The first-order valence-corrected chi connectivity index (χ1v) is 7.50. The smallest absolute Gasteiger partial charge is 0.253 e. The van der Waals surface area contributed by atoms with Crippen molar-refractivity contribution in [2.75, 3.05) is 27.4 Å². The number of nitrogens with zero attached hydrogens (tertiary/aromatic N) is 1. The van der Waals surface area contributed by atoms with E-state index < -0.39 is 24.0 Å². The summed E-state index contributed by atoms with van der Waals surface area (Å²) in [5.74, 6) is -1.22. The molecular weight excluding hydrogens is 304 g/mol. The number of aliphatic hydroxyl groups is 1. The Morgan fingerprint density at radius 3 is 2.57 bits per heavy atom. The van der Waals surface area contributed by atoms with E-state index in [0.717, 1.165) is 4.90 Å². The second kappa shape index (κ2) is 7.67. The van der Waals surface area contributed by atoms with Crippen molar-refractivity contribution in [3.63, 3.8) is 0 Å². The molecule has 0 spiro atoms. The van der Waals surface area contributed by atoms with Gasteiger partial charge in [0.05, 0.1) is 18.8 Å². The number of aliphatic hydroxyl groups excluding tert-OH is 1. The molecule has 1 aliphatic carbocycles. The van der Waals surface area contributed by atoms with Gasteiger partial charge in [0, 0.05) is 45.3 Å². The SMILES string of the molecule is COC[C@H]1C[C@H](NC(=O)CCN2C(=O)C=CC2=O)C(OC)[C@H]1O. The fourth-order valence-electron chi connectivity index (χ4n) is 3.08. The highest BCUT2D eigenvalue weighted by Crippen LogP contribution is 2.29. The van der Waals surface area contributed by atoms with Crippen molar-refractivity contribution in [3.05, 3.63) is 12.2 Å². The van der Waals surface area contributed by atoms with Crippen molar-refractivity contribution >= 4 is 17.7 Å². The van der Waals surface area contributed by atoms with E-state index in [1.807, 2.05) is 0 Å². The van der Waals surface area contributed by atoms with Crippen molar-refractivity contribution in [3.8, 4) is 0 Å². The van der Waals surface area contributed by atoms with E-state index in [2.05, 4.69) is 5.32 Å². The minimum absolute atomic E-state index is 0.0110. The highest BCUT2D eigenvalue weighted by atomic mass is 16.5. The summed E-state index contributed by atoms with van der Waals surface area (Å²) in [5, 5.41) is 13.0. The zero-order valence-electron chi connectivity index (χ0n) is 13.2. The van der Waals surface area contributed by atoms with Gasteiger partial charge in [-0.3, -0.25) is 19.3 Å². The Balaban J connectivity index is 1.84. The van der Waals surface area contributed by atoms with Crippen molar-refractivity contribution in [2.45, 2.75) is 31.1 Å². The summed E-state index contributed by atoms with van der Waals surface area (Å²) in [6.07, 6.45) is 1.71. The number of carbonyl (C=O) groups is 3. The summed E-state index contributed by atoms with van der Waals surface area (Å²) in [5.41, 5.74) is 0. The molecular formula is C15H22N2O6. The second-order valence-electron chi connectivity index (χ2n) is 5.73. The Labute approximate surface area is 134 Å². The quantitative estimate of drug-likeness (QED) is 0.571. The molecule has 0 radical (unpaired) electrons.